The number of nitrogens with zero attached hydrogens (tertiary/aromatic N) is 1. The fourth-order valence-electron chi connectivity index (χ4n) is 0.418. The Labute approximate surface area is 50.4 Å². The molecular weight excluding hydrogens is 98.1 g/mol. The first-order chi connectivity index (χ1) is 3.85. The standard InChI is InChI=1S/C7H11N/c1-4-6-7(5-2)8-3/h4,6H,1,3,5H2,2H3. The van der Waals surface area contributed by atoms with E-state index in [1.807, 2.05) is 13.0 Å². The van der Waals surface area contributed by atoms with Crippen molar-refractivity contribution in [2.24, 2.45) is 4.99 Å². The van der Waals surface area contributed by atoms with Gasteiger partial charge in [0.2, 0.25) is 0 Å². The minimum atomic E-state index is 0.926. The minimum absolute atomic E-state index is 0.926. The highest BCUT2D eigenvalue weighted by Crippen LogP contribution is 1.99. The van der Waals surface area contributed by atoms with Gasteiger partial charge in [-0.15, -0.1) is 0 Å². The molecule has 0 spiro atoms. The van der Waals surface area contributed by atoms with Crippen LogP contribution in [-0.4, -0.2) is 6.72 Å². The Kier molecular flexibility index (Phi) is 3.85. The van der Waals surface area contributed by atoms with Crippen LogP contribution in [0.25, 0.3) is 0 Å². The van der Waals surface area contributed by atoms with E-state index in [1.54, 1.807) is 6.08 Å². The van der Waals surface area contributed by atoms with Gasteiger partial charge in [0.05, 0.1) is 0 Å². The summed E-state index contributed by atoms with van der Waals surface area (Å²) in [6, 6.07) is 0. The molecule has 0 amide bonds. The van der Waals surface area contributed by atoms with Gasteiger partial charge in [0.15, 0.2) is 0 Å². The van der Waals surface area contributed by atoms with Crippen molar-refractivity contribution < 1.29 is 0 Å². The molecule has 0 aromatic rings. The second-order valence-corrected chi connectivity index (χ2v) is 1.41. The topological polar surface area (TPSA) is 12.4 Å². The monoisotopic (exact) mass is 109 g/mol. The molecular formula is C7H11N. The van der Waals surface area contributed by atoms with E-state index in [1.165, 1.54) is 0 Å². The van der Waals surface area contributed by atoms with E-state index in [2.05, 4.69) is 18.3 Å². The zero-order valence-electron chi connectivity index (χ0n) is 5.22. The highest BCUT2D eigenvalue weighted by molar-refractivity contribution is 5.29. The molecule has 0 aliphatic heterocycles. The number of rotatable bonds is 3. The number of hydrogen-bond acceptors (Lipinski definition) is 1. The van der Waals surface area contributed by atoms with Crippen LogP contribution in [0, 0.1) is 0 Å². The van der Waals surface area contributed by atoms with E-state index in [0.29, 0.717) is 0 Å². The van der Waals surface area contributed by atoms with Crippen molar-refractivity contribution >= 4 is 6.72 Å². The van der Waals surface area contributed by atoms with Gasteiger partial charge in [0.25, 0.3) is 0 Å². The van der Waals surface area contributed by atoms with E-state index < -0.39 is 0 Å². The minimum Gasteiger partial charge on any atom is -0.269 e. The lowest BCUT2D eigenvalue weighted by molar-refractivity contribution is 1.08. The van der Waals surface area contributed by atoms with Gasteiger partial charge in [-0.1, -0.05) is 19.6 Å². The zero-order chi connectivity index (χ0) is 6.41. The fraction of sp³-hybridized carbons (Fsp3) is 0.286. The molecule has 0 unspecified atom stereocenters. The fourth-order valence-corrected chi connectivity index (χ4v) is 0.418. The average molecular weight is 109 g/mol. The lowest BCUT2D eigenvalue weighted by atomic mass is 10.3. The molecule has 0 aromatic carbocycles. The molecule has 0 atom stereocenters. The van der Waals surface area contributed by atoms with Gasteiger partial charge in [0.1, 0.15) is 0 Å². The van der Waals surface area contributed by atoms with Crippen molar-refractivity contribution in [3.63, 3.8) is 0 Å². The largest absolute Gasteiger partial charge is 0.269 e. The summed E-state index contributed by atoms with van der Waals surface area (Å²) in [7, 11) is 0. The molecule has 8 heavy (non-hydrogen) atoms. The Morgan fingerprint density at radius 2 is 2.38 bits per heavy atom. The number of hydrogen-bond donors (Lipinski definition) is 0. The van der Waals surface area contributed by atoms with Gasteiger partial charge in [-0.2, -0.15) is 0 Å². The molecule has 0 saturated heterocycles. The average Bonchev–Trinajstić information content (AvgIpc) is 1.83. The molecule has 0 aromatic heterocycles. The molecule has 0 N–H and O–H groups in total. The molecule has 0 fully saturated rings. The quantitative estimate of drug-likeness (QED) is 0.389. The second-order valence-electron chi connectivity index (χ2n) is 1.41. The summed E-state index contributed by atoms with van der Waals surface area (Å²) < 4.78 is 0. The molecule has 0 aliphatic carbocycles. The first-order valence-electron chi connectivity index (χ1n) is 2.63. The SMILES string of the molecule is C=CC=C(CC)N=C. The van der Waals surface area contributed by atoms with Crippen LogP contribution in [0.3, 0.4) is 0 Å². The van der Waals surface area contributed by atoms with Gasteiger partial charge >= 0.3 is 0 Å². The van der Waals surface area contributed by atoms with E-state index in [9.17, 15) is 0 Å². The summed E-state index contributed by atoms with van der Waals surface area (Å²) in [6.07, 6.45) is 4.50. The predicted octanol–water partition coefficient (Wildman–Crippen LogP) is 2.17. The number of allylic oxidation sites excluding steroid dienone is 3. The molecule has 0 saturated carbocycles. The van der Waals surface area contributed by atoms with Gasteiger partial charge < -0.3 is 0 Å². The summed E-state index contributed by atoms with van der Waals surface area (Å²) in [4.78, 5) is 3.74. The van der Waals surface area contributed by atoms with E-state index in [4.69, 9.17) is 0 Å². The smallest absolute Gasteiger partial charge is 0.0393 e. The van der Waals surface area contributed by atoms with Crippen LogP contribution in [0.4, 0.5) is 0 Å². The Bertz CT molecular complexity index is 112. The Balaban J connectivity index is 3.84. The van der Waals surface area contributed by atoms with Crippen molar-refractivity contribution in [1.82, 2.24) is 0 Å². The van der Waals surface area contributed by atoms with E-state index >= 15 is 0 Å². The molecule has 0 bridgehead atoms. The Morgan fingerprint density at radius 3 is 2.50 bits per heavy atom. The third-order valence-electron chi connectivity index (χ3n) is 0.876. The summed E-state index contributed by atoms with van der Waals surface area (Å²) in [6.45, 7) is 8.95. The third kappa shape index (κ3) is 2.35. The van der Waals surface area contributed by atoms with Gasteiger partial charge in [0, 0.05) is 5.70 Å². The van der Waals surface area contributed by atoms with Gasteiger partial charge in [-0.05, 0) is 19.2 Å². The lowest BCUT2D eigenvalue weighted by Gasteiger charge is -1.88. The normalized spacial score (nSPS) is 10.9. The molecule has 0 heterocycles. The Hall–Kier alpha value is -0.850. The van der Waals surface area contributed by atoms with Crippen LogP contribution >= 0.6 is 0 Å². The highest BCUT2D eigenvalue weighted by Gasteiger charge is 1.80. The first-order valence-corrected chi connectivity index (χ1v) is 2.63. The van der Waals surface area contributed by atoms with Crippen LogP contribution in [0.15, 0.2) is 29.4 Å². The van der Waals surface area contributed by atoms with Crippen LogP contribution in [0.2, 0.25) is 0 Å². The van der Waals surface area contributed by atoms with Crippen LogP contribution in [-0.2, 0) is 0 Å². The van der Waals surface area contributed by atoms with Crippen LogP contribution in [0.1, 0.15) is 13.3 Å². The molecule has 1 heteroatoms. The van der Waals surface area contributed by atoms with Gasteiger partial charge in [-0.3, -0.25) is 4.99 Å². The van der Waals surface area contributed by atoms with E-state index in [-0.39, 0.29) is 0 Å². The van der Waals surface area contributed by atoms with Crippen molar-refractivity contribution in [1.29, 1.82) is 0 Å². The van der Waals surface area contributed by atoms with Crippen molar-refractivity contribution in [2.45, 2.75) is 13.3 Å². The molecule has 1 nitrogen and oxygen atoms in total. The maximum atomic E-state index is 3.74. The van der Waals surface area contributed by atoms with Crippen molar-refractivity contribution in [3.8, 4) is 0 Å². The summed E-state index contributed by atoms with van der Waals surface area (Å²) >= 11 is 0. The third-order valence-corrected chi connectivity index (χ3v) is 0.876. The molecule has 0 rings (SSSR count). The van der Waals surface area contributed by atoms with E-state index in [0.717, 1.165) is 12.1 Å². The van der Waals surface area contributed by atoms with Gasteiger partial charge in [-0.25, -0.2) is 0 Å². The predicted molar refractivity (Wildman–Crippen MR) is 38.1 cm³/mol. The summed E-state index contributed by atoms with van der Waals surface area (Å²) in [5.74, 6) is 0. The second kappa shape index (κ2) is 4.31. The maximum Gasteiger partial charge on any atom is 0.0393 e. The van der Waals surface area contributed by atoms with Crippen molar-refractivity contribution in [3.05, 3.63) is 24.4 Å². The molecule has 0 radical (unpaired) electrons. The molecule has 44 valence electrons. The molecule has 0 aliphatic rings. The summed E-state index contributed by atoms with van der Waals surface area (Å²) in [5.41, 5.74) is 0.986. The Morgan fingerprint density at radius 1 is 1.75 bits per heavy atom. The zero-order valence-corrected chi connectivity index (χ0v) is 5.22. The first kappa shape index (κ1) is 7.15. The summed E-state index contributed by atoms with van der Waals surface area (Å²) in [5, 5.41) is 0. The van der Waals surface area contributed by atoms with Crippen LogP contribution in [0.5, 0.6) is 0 Å². The van der Waals surface area contributed by atoms with Crippen molar-refractivity contribution in [2.75, 3.05) is 0 Å². The maximum absolute atomic E-state index is 3.74. The number of aliphatic imine (C=N–C) groups is 1. The lowest BCUT2D eigenvalue weighted by Crippen LogP contribution is -1.69. The van der Waals surface area contributed by atoms with Crippen LogP contribution < -0.4 is 0 Å². The highest BCUT2D eigenvalue weighted by atomic mass is 14.7.